The van der Waals surface area contributed by atoms with E-state index in [0.717, 1.165) is 17.5 Å². The summed E-state index contributed by atoms with van der Waals surface area (Å²) in [6.45, 7) is 3.90. The number of halogens is 1. The smallest absolute Gasteiger partial charge is 0.277 e. The van der Waals surface area contributed by atoms with Gasteiger partial charge in [0.2, 0.25) is 0 Å². The fraction of sp³-hybridized carbons (Fsp3) is 0.263. The van der Waals surface area contributed by atoms with Crippen molar-refractivity contribution in [1.82, 2.24) is 5.43 Å². The van der Waals surface area contributed by atoms with E-state index in [-0.39, 0.29) is 18.1 Å². The first-order chi connectivity index (χ1) is 11.9. The van der Waals surface area contributed by atoms with Gasteiger partial charge in [-0.2, -0.15) is 5.10 Å². The Balaban J connectivity index is 1.54. The van der Waals surface area contributed by atoms with Gasteiger partial charge in [-0.1, -0.05) is 35.9 Å². The van der Waals surface area contributed by atoms with Crippen molar-refractivity contribution in [3.8, 4) is 11.5 Å². The normalized spacial score (nSPS) is 14.8. The van der Waals surface area contributed by atoms with Crippen molar-refractivity contribution < 1.29 is 14.3 Å². The highest BCUT2D eigenvalue weighted by Crippen LogP contribution is 2.41. The van der Waals surface area contributed by atoms with Gasteiger partial charge in [0.05, 0.1) is 6.21 Å². The van der Waals surface area contributed by atoms with Crippen LogP contribution in [0.25, 0.3) is 0 Å². The number of para-hydroxylation sites is 1. The Labute approximate surface area is 151 Å². The van der Waals surface area contributed by atoms with Crippen LogP contribution in [0.5, 0.6) is 11.5 Å². The Bertz CT molecular complexity index is 801. The minimum atomic E-state index is -0.347. The van der Waals surface area contributed by atoms with Gasteiger partial charge in [0.25, 0.3) is 5.91 Å². The molecule has 0 saturated carbocycles. The summed E-state index contributed by atoms with van der Waals surface area (Å²) >= 11 is 5.81. The lowest BCUT2D eigenvalue weighted by molar-refractivity contribution is -0.123. The van der Waals surface area contributed by atoms with Gasteiger partial charge in [-0.25, -0.2) is 5.43 Å². The number of hydrogen-bond acceptors (Lipinski definition) is 4. The third-order valence-electron chi connectivity index (χ3n) is 3.69. The molecule has 2 aromatic carbocycles. The molecular weight excluding hydrogens is 340 g/mol. The van der Waals surface area contributed by atoms with Crippen LogP contribution in [0.4, 0.5) is 0 Å². The predicted octanol–water partition coefficient (Wildman–Crippen LogP) is 3.58. The van der Waals surface area contributed by atoms with E-state index >= 15 is 0 Å². The molecule has 1 heterocycles. The molecule has 1 aliphatic rings. The largest absolute Gasteiger partial charge is 0.483 e. The molecule has 0 aromatic heterocycles. The number of ether oxygens (including phenoxy) is 2. The van der Waals surface area contributed by atoms with E-state index in [2.05, 4.69) is 10.5 Å². The molecule has 0 bridgehead atoms. The average Bonchev–Trinajstić information content (AvgIpc) is 2.89. The molecule has 5 nitrogen and oxygen atoms in total. The molecule has 1 N–H and O–H groups in total. The van der Waals surface area contributed by atoms with E-state index in [9.17, 15) is 4.79 Å². The van der Waals surface area contributed by atoms with Crippen LogP contribution in [-0.4, -0.2) is 24.3 Å². The van der Waals surface area contributed by atoms with Gasteiger partial charge in [-0.3, -0.25) is 4.79 Å². The maximum atomic E-state index is 11.9. The number of nitrogens with zero attached hydrogens (tertiary/aromatic N) is 1. The van der Waals surface area contributed by atoms with E-state index in [4.69, 9.17) is 21.1 Å². The van der Waals surface area contributed by atoms with Crippen LogP contribution >= 0.6 is 11.6 Å². The lowest BCUT2D eigenvalue weighted by Crippen LogP contribution is -2.26. The standard InChI is InChI=1S/C19H19ClN2O3/c1-19(2)10-14-4-3-5-16(18(14)25-19)24-12-17(23)22-21-11-13-6-8-15(20)9-7-13/h3-9,11H,10,12H2,1-2H3,(H,22,23). The number of hydrazone groups is 1. The third-order valence-corrected chi connectivity index (χ3v) is 3.94. The molecule has 1 amide bonds. The quantitative estimate of drug-likeness (QED) is 0.656. The highest BCUT2D eigenvalue weighted by atomic mass is 35.5. The molecule has 0 aliphatic carbocycles. The summed E-state index contributed by atoms with van der Waals surface area (Å²) in [5, 5.41) is 4.55. The van der Waals surface area contributed by atoms with Gasteiger partial charge < -0.3 is 9.47 Å². The Morgan fingerprint density at radius 3 is 2.84 bits per heavy atom. The molecule has 130 valence electrons. The van der Waals surface area contributed by atoms with Crippen LogP contribution in [0, 0.1) is 0 Å². The molecule has 0 radical (unpaired) electrons. The van der Waals surface area contributed by atoms with Crippen LogP contribution in [0.15, 0.2) is 47.6 Å². The van der Waals surface area contributed by atoms with Crippen molar-refractivity contribution in [1.29, 1.82) is 0 Å². The van der Waals surface area contributed by atoms with E-state index < -0.39 is 0 Å². The van der Waals surface area contributed by atoms with Gasteiger partial charge in [0.1, 0.15) is 5.60 Å². The van der Waals surface area contributed by atoms with E-state index in [0.29, 0.717) is 16.5 Å². The Morgan fingerprint density at radius 2 is 2.08 bits per heavy atom. The summed E-state index contributed by atoms with van der Waals surface area (Å²) in [5.41, 5.74) is 4.10. The lowest BCUT2D eigenvalue weighted by Gasteiger charge is -2.18. The number of carbonyl (C=O) groups is 1. The van der Waals surface area contributed by atoms with E-state index in [1.54, 1.807) is 36.5 Å². The Morgan fingerprint density at radius 1 is 1.32 bits per heavy atom. The maximum Gasteiger partial charge on any atom is 0.277 e. The molecule has 6 heteroatoms. The molecule has 25 heavy (non-hydrogen) atoms. The number of hydrogen-bond donors (Lipinski definition) is 1. The van der Waals surface area contributed by atoms with Crippen LogP contribution < -0.4 is 14.9 Å². The number of carbonyl (C=O) groups excluding carboxylic acids is 1. The second kappa shape index (κ2) is 7.15. The summed E-state index contributed by atoms with van der Waals surface area (Å²) in [5.74, 6) is 0.935. The number of nitrogens with one attached hydrogen (secondary N) is 1. The zero-order valence-corrected chi connectivity index (χ0v) is 14.8. The van der Waals surface area contributed by atoms with Crippen molar-refractivity contribution in [2.75, 3.05) is 6.61 Å². The summed E-state index contributed by atoms with van der Waals surface area (Å²) in [4.78, 5) is 11.9. The summed E-state index contributed by atoms with van der Waals surface area (Å²) in [6, 6.07) is 12.8. The molecule has 2 aromatic rings. The second-order valence-corrected chi connectivity index (χ2v) is 6.85. The van der Waals surface area contributed by atoms with Gasteiger partial charge in [0.15, 0.2) is 18.1 Å². The first-order valence-corrected chi connectivity index (χ1v) is 8.32. The topological polar surface area (TPSA) is 59.9 Å². The molecule has 0 saturated heterocycles. The fourth-order valence-corrected chi connectivity index (χ4v) is 2.73. The van der Waals surface area contributed by atoms with Gasteiger partial charge in [-0.05, 0) is 37.6 Å². The number of amides is 1. The molecule has 0 atom stereocenters. The van der Waals surface area contributed by atoms with E-state index in [1.807, 2.05) is 26.0 Å². The predicted molar refractivity (Wildman–Crippen MR) is 97.5 cm³/mol. The third kappa shape index (κ3) is 4.51. The fourth-order valence-electron chi connectivity index (χ4n) is 2.60. The summed E-state index contributed by atoms with van der Waals surface area (Å²) in [6.07, 6.45) is 2.36. The zero-order valence-electron chi connectivity index (χ0n) is 14.1. The Hall–Kier alpha value is -2.53. The minimum absolute atomic E-state index is 0.141. The monoisotopic (exact) mass is 358 g/mol. The lowest BCUT2D eigenvalue weighted by atomic mass is 10.0. The maximum absolute atomic E-state index is 11.9. The summed E-state index contributed by atoms with van der Waals surface area (Å²) < 4.78 is 11.5. The SMILES string of the molecule is CC1(C)Cc2cccc(OCC(=O)NN=Cc3ccc(Cl)cc3)c2O1. The van der Waals surface area contributed by atoms with Crippen LogP contribution in [0.1, 0.15) is 25.0 Å². The first kappa shape index (κ1) is 17.3. The summed E-state index contributed by atoms with van der Waals surface area (Å²) in [7, 11) is 0. The van der Waals surface area contributed by atoms with Crippen molar-refractivity contribution in [3.63, 3.8) is 0 Å². The highest BCUT2D eigenvalue weighted by molar-refractivity contribution is 6.30. The molecule has 0 unspecified atom stereocenters. The highest BCUT2D eigenvalue weighted by Gasteiger charge is 2.32. The molecule has 3 rings (SSSR count). The number of fused-ring (bicyclic) bond motifs is 1. The number of rotatable bonds is 5. The van der Waals surface area contributed by atoms with Crippen molar-refractivity contribution in [3.05, 3.63) is 58.6 Å². The molecule has 0 fully saturated rings. The number of benzene rings is 2. The molecule has 0 spiro atoms. The van der Waals surface area contributed by atoms with Crippen LogP contribution in [0.3, 0.4) is 0 Å². The minimum Gasteiger partial charge on any atom is -0.483 e. The van der Waals surface area contributed by atoms with Crippen molar-refractivity contribution >= 4 is 23.7 Å². The van der Waals surface area contributed by atoms with Gasteiger partial charge >= 0.3 is 0 Å². The average molecular weight is 359 g/mol. The molecular formula is C19H19ClN2O3. The second-order valence-electron chi connectivity index (χ2n) is 6.42. The van der Waals surface area contributed by atoms with Gasteiger partial charge in [0, 0.05) is 17.0 Å². The van der Waals surface area contributed by atoms with Crippen LogP contribution in [-0.2, 0) is 11.2 Å². The Kier molecular flexibility index (Phi) is 4.95. The van der Waals surface area contributed by atoms with Gasteiger partial charge in [-0.15, -0.1) is 0 Å². The zero-order chi connectivity index (χ0) is 17.9. The van der Waals surface area contributed by atoms with E-state index in [1.165, 1.54) is 0 Å². The molecule has 1 aliphatic heterocycles. The van der Waals surface area contributed by atoms with Crippen molar-refractivity contribution in [2.24, 2.45) is 5.10 Å². The van der Waals surface area contributed by atoms with Crippen LogP contribution in [0.2, 0.25) is 5.02 Å². The van der Waals surface area contributed by atoms with Crippen molar-refractivity contribution in [2.45, 2.75) is 25.9 Å². The first-order valence-electron chi connectivity index (χ1n) is 7.94.